The van der Waals surface area contributed by atoms with Gasteiger partial charge in [0.15, 0.2) is 0 Å². The lowest BCUT2D eigenvalue weighted by Crippen LogP contribution is -1.96. The van der Waals surface area contributed by atoms with Crippen LogP contribution in [0.1, 0.15) is 15.9 Å². The molecule has 0 aliphatic carbocycles. The van der Waals surface area contributed by atoms with Gasteiger partial charge in [-0.25, -0.2) is 9.78 Å². The molecule has 0 aliphatic rings. The molecule has 0 fully saturated rings. The van der Waals surface area contributed by atoms with E-state index in [0.717, 1.165) is 4.90 Å². The van der Waals surface area contributed by atoms with Gasteiger partial charge in [-0.15, -0.1) is 0 Å². The lowest BCUT2D eigenvalue weighted by atomic mass is 10.2. The van der Waals surface area contributed by atoms with Crippen LogP contribution < -0.4 is 0 Å². The molecule has 2 aromatic rings. The molecular weight excluding hydrogens is 280 g/mol. The van der Waals surface area contributed by atoms with Crippen molar-refractivity contribution < 1.29 is 14.8 Å². The van der Waals surface area contributed by atoms with Gasteiger partial charge in [0.1, 0.15) is 5.03 Å². The zero-order chi connectivity index (χ0) is 14.7. The van der Waals surface area contributed by atoms with Crippen molar-refractivity contribution in [2.45, 2.75) is 16.8 Å². The number of hydrogen-bond acceptors (Lipinski definition) is 5. The Kier molecular flexibility index (Phi) is 3.99. The van der Waals surface area contributed by atoms with Crippen LogP contribution in [0, 0.1) is 17.0 Å². The predicted molar refractivity (Wildman–Crippen MR) is 73.2 cm³/mol. The molecule has 0 radical (unpaired) electrons. The Bertz CT molecular complexity index is 688. The first-order valence-electron chi connectivity index (χ1n) is 5.59. The van der Waals surface area contributed by atoms with Gasteiger partial charge in [0.2, 0.25) is 0 Å². The van der Waals surface area contributed by atoms with E-state index in [2.05, 4.69) is 4.98 Å². The molecule has 1 N–H and O–H groups in total. The molecule has 0 aliphatic heterocycles. The number of nitro groups is 1. The Morgan fingerprint density at radius 1 is 1.35 bits per heavy atom. The van der Waals surface area contributed by atoms with Crippen LogP contribution in [0.3, 0.4) is 0 Å². The number of nitro benzene ring substituents is 1. The fourth-order valence-corrected chi connectivity index (χ4v) is 2.53. The van der Waals surface area contributed by atoms with Gasteiger partial charge in [0.25, 0.3) is 5.69 Å². The summed E-state index contributed by atoms with van der Waals surface area (Å²) in [6, 6.07) is 7.60. The molecule has 6 nitrogen and oxygen atoms in total. The molecule has 1 aromatic heterocycles. The van der Waals surface area contributed by atoms with E-state index in [9.17, 15) is 14.9 Å². The second kappa shape index (κ2) is 5.70. The molecule has 1 heterocycles. The summed E-state index contributed by atoms with van der Waals surface area (Å²) in [6.45, 7) is 1.66. The molecule has 1 aromatic carbocycles. The zero-order valence-electron chi connectivity index (χ0n) is 10.4. The van der Waals surface area contributed by atoms with E-state index in [4.69, 9.17) is 5.11 Å². The number of rotatable bonds is 4. The molecule has 0 amide bonds. The van der Waals surface area contributed by atoms with Crippen molar-refractivity contribution in [1.29, 1.82) is 0 Å². The monoisotopic (exact) mass is 290 g/mol. The van der Waals surface area contributed by atoms with Crippen molar-refractivity contribution in [3.63, 3.8) is 0 Å². The summed E-state index contributed by atoms with van der Waals surface area (Å²) >= 11 is 1.26. The topological polar surface area (TPSA) is 93.3 Å². The van der Waals surface area contributed by atoms with Gasteiger partial charge < -0.3 is 5.11 Å². The highest BCUT2D eigenvalue weighted by molar-refractivity contribution is 7.99. The Balaban J connectivity index is 2.26. The number of aryl methyl sites for hydroxylation is 1. The van der Waals surface area contributed by atoms with E-state index >= 15 is 0 Å². The third kappa shape index (κ3) is 3.12. The number of aromatic nitrogens is 1. The minimum absolute atomic E-state index is 0.0570. The minimum atomic E-state index is -1.02. The lowest BCUT2D eigenvalue weighted by Gasteiger charge is -2.03. The van der Waals surface area contributed by atoms with E-state index in [0.29, 0.717) is 10.6 Å². The first kappa shape index (κ1) is 14.0. The van der Waals surface area contributed by atoms with Crippen LogP contribution in [-0.2, 0) is 0 Å². The molecule has 0 bridgehead atoms. The highest BCUT2D eigenvalue weighted by atomic mass is 32.2. The molecule has 2 rings (SSSR count). The summed E-state index contributed by atoms with van der Waals surface area (Å²) in [5.41, 5.74) is 0.761. The molecule has 0 spiro atoms. The van der Waals surface area contributed by atoms with Crippen LogP contribution >= 0.6 is 11.8 Å². The standard InChI is InChI=1S/C13H10N2O4S/c1-8-6-10(2-3-11(8)15(18)19)20-12-7-9(13(16)17)4-5-14-12/h2-7H,1H3,(H,16,17). The smallest absolute Gasteiger partial charge is 0.335 e. The number of nitrogens with zero attached hydrogens (tertiary/aromatic N) is 2. The summed E-state index contributed by atoms with van der Waals surface area (Å²) in [5.74, 6) is -1.02. The third-order valence-electron chi connectivity index (χ3n) is 2.57. The average molecular weight is 290 g/mol. The highest BCUT2D eigenvalue weighted by Crippen LogP contribution is 2.30. The van der Waals surface area contributed by atoms with E-state index in [-0.39, 0.29) is 11.3 Å². The fraction of sp³-hybridized carbons (Fsp3) is 0.0769. The second-order valence-corrected chi connectivity index (χ2v) is 5.09. The van der Waals surface area contributed by atoms with Gasteiger partial charge in [-0.3, -0.25) is 10.1 Å². The van der Waals surface area contributed by atoms with Crippen LogP contribution in [0.5, 0.6) is 0 Å². The molecule has 0 saturated carbocycles. The Labute approximate surface area is 118 Å². The molecule has 7 heteroatoms. The Morgan fingerprint density at radius 3 is 2.70 bits per heavy atom. The van der Waals surface area contributed by atoms with Gasteiger partial charge in [-0.1, -0.05) is 11.8 Å². The van der Waals surface area contributed by atoms with E-state index < -0.39 is 10.9 Å². The molecule has 0 atom stereocenters. The number of hydrogen-bond donors (Lipinski definition) is 1. The first-order valence-corrected chi connectivity index (χ1v) is 6.41. The van der Waals surface area contributed by atoms with Gasteiger partial charge in [0, 0.05) is 22.7 Å². The molecular formula is C13H10N2O4S. The number of carboxylic acids is 1. The quantitative estimate of drug-likeness (QED) is 0.686. The summed E-state index contributed by atoms with van der Waals surface area (Å²) in [6.07, 6.45) is 1.42. The van der Waals surface area contributed by atoms with Crippen LogP contribution in [0.2, 0.25) is 0 Å². The molecule has 0 saturated heterocycles. The summed E-state index contributed by atoms with van der Waals surface area (Å²) < 4.78 is 0. The summed E-state index contributed by atoms with van der Waals surface area (Å²) in [4.78, 5) is 26.0. The van der Waals surface area contributed by atoms with Crippen molar-refractivity contribution in [2.24, 2.45) is 0 Å². The largest absolute Gasteiger partial charge is 0.478 e. The van der Waals surface area contributed by atoms with E-state index in [1.165, 1.54) is 36.2 Å². The van der Waals surface area contributed by atoms with Crippen LogP contribution in [0.4, 0.5) is 5.69 Å². The number of aromatic carboxylic acids is 1. The van der Waals surface area contributed by atoms with Crippen molar-refractivity contribution in [3.8, 4) is 0 Å². The SMILES string of the molecule is Cc1cc(Sc2cc(C(=O)O)ccn2)ccc1[N+](=O)[O-]. The number of benzene rings is 1. The van der Waals surface area contributed by atoms with E-state index in [1.807, 2.05) is 0 Å². The molecule has 20 heavy (non-hydrogen) atoms. The van der Waals surface area contributed by atoms with E-state index in [1.54, 1.807) is 19.1 Å². The van der Waals surface area contributed by atoms with Crippen LogP contribution in [0.15, 0.2) is 46.5 Å². The predicted octanol–water partition coefficient (Wildman–Crippen LogP) is 3.15. The fourth-order valence-electron chi connectivity index (χ4n) is 1.62. The van der Waals surface area contributed by atoms with Gasteiger partial charge >= 0.3 is 5.97 Å². The van der Waals surface area contributed by atoms with Gasteiger partial charge in [-0.2, -0.15) is 0 Å². The van der Waals surface area contributed by atoms with Gasteiger partial charge in [0.05, 0.1) is 10.5 Å². The maximum Gasteiger partial charge on any atom is 0.335 e. The normalized spacial score (nSPS) is 10.2. The van der Waals surface area contributed by atoms with Crippen molar-refractivity contribution in [1.82, 2.24) is 4.98 Å². The number of carboxylic acid groups (broad SMARTS) is 1. The van der Waals surface area contributed by atoms with Crippen molar-refractivity contribution in [3.05, 3.63) is 57.8 Å². The number of pyridine rings is 1. The minimum Gasteiger partial charge on any atom is -0.478 e. The lowest BCUT2D eigenvalue weighted by molar-refractivity contribution is -0.385. The first-order chi connectivity index (χ1) is 9.47. The second-order valence-electron chi connectivity index (χ2n) is 4.00. The maximum atomic E-state index is 10.9. The summed E-state index contributed by atoms with van der Waals surface area (Å²) in [7, 11) is 0. The number of carbonyl (C=O) groups is 1. The highest BCUT2D eigenvalue weighted by Gasteiger charge is 2.11. The summed E-state index contributed by atoms with van der Waals surface area (Å²) in [5, 5.41) is 20.2. The third-order valence-corrected chi connectivity index (χ3v) is 3.49. The maximum absolute atomic E-state index is 10.9. The molecule has 0 unspecified atom stereocenters. The van der Waals surface area contributed by atoms with Crippen molar-refractivity contribution in [2.75, 3.05) is 0 Å². The van der Waals surface area contributed by atoms with Crippen molar-refractivity contribution >= 4 is 23.4 Å². The average Bonchev–Trinajstić information content (AvgIpc) is 2.38. The van der Waals surface area contributed by atoms with Gasteiger partial charge in [-0.05, 0) is 31.2 Å². The Morgan fingerprint density at radius 2 is 2.10 bits per heavy atom. The zero-order valence-corrected chi connectivity index (χ0v) is 11.3. The molecule has 102 valence electrons. The van der Waals surface area contributed by atoms with Crippen LogP contribution in [-0.4, -0.2) is 21.0 Å². The van der Waals surface area contributed by atoms with Crippen LogP contribution in [0.25, 0.3) is 0 Å². The Hall–Kier alpha value is -2.41.